The first-order valence-electron chi connectivity index (χ1n) is 7.72. The van der Waals surface area contributed by atoms with E-state index in [4.69, 9.17) is 4.74 Å². The van der Waals surface area contributed by atoms with Gasteiger partial charge in [-0.2, -0.15) is 0 Å². The molecule has 2 aromatic rings. The molecule has 24 heavy (non-hydrogen) atoms. The molecular weight excluding hydrogens is 304 g/mol. The van der Waals surface area contributed by atoms with Crippen molar-refractivity contribution in [2.45, 2.75) is 19.4 Å². The number of ether oxygens (including phenoxy) is 1. The third-order valence-electron chi connectivity index (χ3n) is 3.61. The number of carbonyl (C=O) groups is 2. The minimum atomic E-state index is -0.226. The molecule has 1 saturated heterocycles. The molecule has 2 bridgehead atoms. The Bertz CT molecular complexity index is 746. The molecule has 5 heteroatoms. The van der Waals surface area contributed by atoms with Gasteiger partial charge in [-0.3, -0.25) is 15.0 Å². The molecule has 5 nitrogen and oxygen atoms in total. The third-order valence-corrected chi connectivity index (χ3v) is 3.61. The molecule has 0 spiro atoms. The first kappa shape index (κ1) is 15.8. The molecule has 1 unspecified atom stereocenters. The lowest BCUT2D eigenvalue weighted by Gasteiger charge is -2.37. The number of benzene rings is 2. The van der Waals surface area contributed by atoms with Gasteiger partial charge in [0, 0.05) is 13.0 Å². The normalized spacial score (nSPS) is 17.1. The minimum Gasteiger partial charge on any atom is -0.457 e. The molecule has 122 valence electrons. The Kier molecular flexibility index (Phi) is 4.61. The summed E-state index contributed by atoms with van der Waals surface area (Å²) in [6.45, 7) is 1.39. The maximum absolute atomic E-state index is 11.3. The number of fused-ring (bicyclic) bond motifs is 2. The van der Waals surface area contributed by atoms with Gasteiger partial charge in [0.1, 0.15) is 11.5 Å². The highest BCUT2D eigenvalue weighted by molar-refractivity contribution is 5.87. The van der Waals surface area contributed by atoms with Gasteiger partial charge >= 0.3 is 0 Å². The van der Waals surface area contributed by atoms with Crippen molar-refractivity contribution in [3.63, 3.8) is 0 Å². The quantitative estimate of drug-likeness (QED) is 0.754. The van der Waals surface area contributed by atoms with Gasteiger partial charge < -0.3 is 4.74 Å². The van der Waals surface area contributed by atoms with Gasteiger partial charge in [0.2, 0.25) is 11.8 Å². The van der Waals surface area contributed by atoms with Crippen molar-refractivity contribution in [1.29, 1.82) is 0 Å². The van der Waals surface area contributed by atoms with Crippen molar-refractivity contribution in [1.82, 2.24) is 10.4 Å². The predicted molar refractivity (Wildman–Crippen MR) is 91.1 cm³/mol. The summed E-state index contributed by atoms with van der Waals surface area (Å²) in [5.41, 5.74) is 3.59. The second-order valence-electron chi connectivity index (χ2n) is 5.55. The fraction of sp³-hybridized carbons (Fsp3) is 0.158. The molecule has 0 saturated carbocycles. The number of nitrogens with one attached hydrogen (secondary N) is 1. The average Bonchev–Trinajstić information content (AvgIpc) is 2.58. The Labute approximate surface area is 140 Å². The highest BCUT2D eigenvalue weighted by atomic mass is 16.5. The molecule has 0 radical (unpaired) electrons. The molecule has 1 N–H and O–H groups in total. The van der Waals surface area contributed by atoms with E-state index in [9.17, 15) is 9.59 Å². The number of carbonyl (C=O) groups excluding carboxylic acids is 2. The summed E-state index contributed by atoms with van der Waals surface area (Å²) in [4.78, 5) is 22.1. The molecule has 3 aliphatic rings. The SMILES string of the molecule is CC(=O)NN1C(=O)CC1C=Cc1ccccc1.c1cc2cc(c1)O2. The lowest BCUT2D eigenvalue weighted by molar-refractivity contribution is -0.153. The highest BCUT2D eigenvalue weighted by Gasteiger charge is 2.34. The average molecular weight is 322 g/mol. The summed E-state index contributed by atoms with van der Waals surface area (Å²) in [7, 11) is 0. The molecule has 2 aromatic carbocycles. The van der Waals surface area contributed by atoms with Crippen LogP contribution in [0.4, 0.5) is 0 Å². The number of hydrogen-bond acceptors (Lipinski definition) is 3. The monoisotopic (exact) mass is 322 g/mol. The van der Waals surface area contributed by atoms with Gasteiger partial charge in [-0.15, -0.1) is 0 Å². The zero-order valence-corrected chi connectivity index (χ0v) is 13.3. The lowest BCUT2D eigenvalue weighted by atomic mass is 10.0. The van der Waals surface area contributed by atoms with Crippen LogP contribution in [0.2, 0.25) is 0 Å². The van der Waals surface area contributed by atoms with Crippen molar-refractivity contribution >= 4 is 17.9 Å². The topological polar surface area (TPSA) is 58.6 Å². The van der Waals surface area contributed by atoms with Crippen LogP contribution in [-0.4, -0.2) is 22.9 Å². The number of rotatable bonds is 3. The maximum Gasteiger partial charge on any atom is 0.244 e. The fourth-order valence-electron chi connectivity index (χ4n) is 2.38. The van der Waals surface area contributed by atoms with Crippen LogP contribution >= 0.6 is 0 Å². The molecular formula is C19H18N2O3. The van der Waals surface area contributed by atoms with E-state index in [2.05, 4.69) is 5.43 Å². The summed E-state index contributed by atoms with van der Waals surface area (Å²) in [6, 6.07) is 17.7. The summed E-state index contributed by atoms with van der Waals surface area (Å²) >= 11 is 0. The highest BCUT2D eigenvalue weighted by Crippen LogP contribution is 2.32. The van der Waals surface area contributed by atoms with E-state index in [1.165, 1.54) is 11.9 Å². The van der Waals surface area contributed by atoms with E-state index in [0.29, 0.717) is 6.42 Å². The number of β-lactam (4-membered cyclic amide) rings is 1. The molecule has 0 aliphatic carbocycles. The predicted octanol–water partition coefficient (Wildman–Crippen LogP) is 3.14. The maximum atomic E-state index is 11.3. The van der Waals surface area contributed by atoms with Gasteiger partial charge in [0.25, 0.3) is 0 Å². The minimum absolute atomic E-state index is 0.0355. The van der Waals surface area contributed by atoms with Gasteiger partial charge in [0.15, 0.2) is 0 Å². The molecule has 5 rings (SSSR count). The molecule has 0 aromatic heterocycles. The van der Waals surface area contributed by atoms with E-state index in [-0.39, 0.29) is 17.9 Å². The number of hydrogen-bond donors (Lipinski definition) is 1. The molecule has 2 amide bonds. The number of hydrazine groups is 1. The largest absolute Gasteiger partial charge is 0.457 e. The fourth-order valence-corrected chi connectivity index (χ4v) is 2.38. The third kappa shape index (κ3) is 3.81. The Hall–Kier alpha value is -3.08. The van der Waals surface area contributed by atoms with Crippen molar-refractivity contribution in [3.05, 3.63) is 66.2 Å². The van der Waals surface area contributed by atoms with Gasteiger partial charge in [-0.05, 0) is 17.7 Å². The van der Waals surface area contributed by atoms with Gasteiger partial charge in [-0.1, -0.05) is 48.6 Å². The van der Waals surface area contributed by atoms with E-state index in [1.807, 2.05) is 66.7 Å². The van der Waals surface area contributed by atoms with E-state index in [0.717, 1.165) is 17.1 Å². The smallest absolute Gasteiger partial charge is 0.244 e. The lowest BCUT2D eigenvalue weighted by Crippen LogP contribution is -2.59. The van der Waals surface area contributed by atoms with E-state index < -0.39 is 0 Å². The van der Waals surface area contributed by atoms with Crippen molar-refractivity contribution in [3.8, 4) is 11.5 Å². The zero-order chi connectivity index (χ0) is 16.9. The summed E-state index contributed by atoms with van der Waals surface area (Å²) < 4.78 is 5.01. The Balaban J connectivity index is 0.000000198. The Morgan fingerprint density at radius 3 is 2.29 bits per heavy atom. The van der Waals surface area contributed by atoms with E-state index >= 15 is 0 Å². The van der Waals surface area contributed by atoms with Crippen molar-refractivity contribution in [2.24, 2.45) is 0 Å². The molecule has 3 heterocycles. The van der Waals surface area contributed by atoms with E-state index in [1.54, 1.807) is 0 Å². The zero-order valence-electron chi connectivity index (χ0n) is 13.3. The van der Waals surface area contributed by atoms with Crippen molar-refractivity contribution in [2.75, 3.05) is 0 Å². The first-order chi connectivity index (χ1) is 11.6. The number of amides is 2. The summed E-state index contributed by atoms with van der Waals surface area (Å²) in [5, 5.41) is 1.36. The van der Waals surface area contributed by atoms with Crippen LogP contribution in [0.15, 0.2) is 60.7 Å². The first-order valence-corrected chi connectivity index (χ1v) is 7.72. The van der Waals surface area contributed by atoms with Crippen LogP contribution in [0.5, 0.6) is 11.5 Å². The van der Waals surface area contributed by atoms with Crippen LogP contribution in [0.3, 0.4) is 0 Å². The second-order valence-corrected chi connectivity index (χ2v) is 5.55. The van der Waals surface area contributed by atoms with Gasteiger partial charge in [0.05, 0.1) is 12.5 Å². The van der Waals surface area contributed by atoms with Crippen LogP contribution in [0.25, 0.3) is 6.08 Å². The van der Waals surface area contributed by atoms with Crippen LogP contribution in [0.1, 0.15) is 18.9 Å². The van der Waals surface area contributed by atoms with Crippen LogP contribution < -0.4 is 10.2 Å². The van der Waals surface area contributed by atoms with Crippen LogP contribution in [-0.2, 0) is 9.59 Å². The standard InChI is InChI=1S/C13H14N2O2.C6H4O/c1-10(16)14-15-12(9-13(15)17)8-7-11-5-3-2-4-6-11;1-2-5-4-6(3-1)7-5/h2-8,12H,9H2,1H3,(H,14,16);1-4H. The molecule has 1 atom stereocenters. The van der Waals surface area contributed by atoms with Gasteiger partial charge in [-0.25, -0.2) is 5.01 Å². The van der Waals surface area contributed by atoms with Crippen molar-refractivity contribution < 1.29 is 14.3 Å². The molecule has 1 fully saturated rings. The second kappa shape index (κ2) is 7.00. The molecule has 3 aliphatic heterocycles. The Morgan fingerprint density at radius 1 is 1.17 bits per heavy atom. The Morgan fingerprint density at radius 2 is 1.83 bits per heavy atom. The number of nitrogens with zero attached hydrogens (tertiary/aromatic N) is 1. The summed E-state index contributed by atoms with van der Waals surface area (Å²) in [5.74, 6) is 1.69. The van der Waals surface area contributed by atoms with Crippen LogP contribution in [0, 0.1) is 0 Å². The summed E-state index contributed by atoms with van der Waals surface area (Å²) in [6.07, 6.45) is 4.32.